The highest BCUT2D eigenvalue weighted by molar-refractivity contribution is 5.67. The van der Waals surface area contributed by atoms with Crippen LogP contribution in [0.2, 0.25) is 0 Å². The first-order valence-corrected chi connectivity index (χ1v) is 7.56. The van der Waals surface area contributed by atoms with E-state index in [4.69, 9.17) is 4.74 Å². The number of amides is 1. The SMILES string of the molecule is CCC(O)CNC1CC(NC(=O)OCc2ccccc2)C1. The maximum absolute atomic E-state index is 11.6. The molecule has 0 aromatic heterocycles. The van der Waals surface area contributed by atoms with Gasteiger partial charge in [-0.15, -0.1) is 0 Å². The molecule has 3 N–H and O–H groups in total. The Morgan fingerprint density at radius 2 is 2.05 bits per heavy atom. The molecule has 21 heavy (non-hydrogen) atoms. The Bertz CT molecular complexity index is 432. The van der Waals surface area contributed by atoms with E-state index < -0.39 is 0 Å². The molecule has 0 bridgehead atoms. The lowest BCUT2D eigenvalue weighted by atomic mass is 9.87. The van der Waals surface area contributed by atoms with Crippen LogP contribution in [0.25, 0.3) is 0 Å². The molecular weight excluding hydrogens is 268 g/mol. The molecule has 1 aromatic carbocycles. The number of carbonyl (C=O) groups excluding carboxylic acids is 1. The molecule has 1 atom stereocenters. The Balaban J connectivity index is 1.56. The van der Waals surface area contributed by atoms with Gasteiger partial charge in [0, 0.05) is 18.6 Å². The summed E-state index contributed by atoms with van der Waals surface area (Å²) in [6, 6.07) is 10.2. The van der Waals surface area contributed by atoms with Gasteiger partial charge in [0.05, 0.1) is 6.10 Å². The number of rotatable bonds is 7. The standard InChI is InChI=1S/C16H24N2O3/c1-2-15(19)10-17-13-8-14(9-13)18-16(20)21-11-12-6-4-3-5-7-12/h3-7,13-15,17,19H,2,8-11H2,1H3,(H,18,20). The molecule has 1 saturated carbocycles. The fourth-order valence-corrected chi connectivity index (χ4v) is 2.28. The van der Waals surface area contributed by atoms with Gasteiger partial charge < -0.3 is 20.5 Å². The van der Waals surface area contributed by atoms with Crippen molar-refractivity contribution in [2.45, 2.75) is 51.0 Å². The number of aliphatic hydroxyl groups is 1. The summed E-state index contributed by atoms with van der Waals surface area (Å²) in [6.07, 6.45) is 1.88. The van der Waals surface area contributed by atoms with Crippen LogP contribution in [0.1, 0.15) is 31.7 Å². The van der Waals surface area contributed by atoms with Crippen molar-refractivity contribution >= 4 is 6.09 Å². The zero-order chi connectivity index (χ0) is 15.1. The van der Waals surface area contributed by atoms with Crippen LogP contribution in [-0.2, 0) is 11.3 Å². The van der Waals surface area contributed by atoms with E-state index in [0.717, 1.165) is 24.8 Å². The number of alkyl carbamates (subject to hydrolysis) is 1. The molecule has 0 heterocycles. The summed E-state index contributed by atoms with van der Waals surface area (Å²) in [4.78, 5) is 11.6. The second-order valence-electron chi connectivity index (χ2n) is 5.54. The summed E-state index contributed by atoms with van der Waals surface area (Å²) in [6.45, 7) is 2.87. The van der Waals surface area contributed by atoms with E-state index in [1.807, 2.05) is 37.3 Å². The smallest absolute Gasteiger partial charge is 0.407 e. The maximum Gasteiger partial charge on any atom is 0.407 e. The monoisotopic (exact) mass is 292 g/mol. The molecule has 1 aliphatic carbocycles. The Morgan fingerprint density at radius 1 is 1.33 bits per heavy atom. The Labute approximate surface area is 125 Å². The van der Waals surface area contributed by atoms with E-state index in [2.05, 4.69) is 10.6 Å². The number of ether oxygens (including phenoxy) is 1. The van der Waals surface area contributed by atoms with Gasteiger partial charge in [0.25, 0.3) is 0 Å². The largest absolute Gasteiger partial charge is 0.445 e. The molecule has 2 rings (SSSR count). The van der Waals surface area contributed by atoms with E-state index in [9.17, 15) is 9.90 Å². The van der Waals surface area contributed by atoms with Crippen molar-refractivity contribution in [2.24, 2.45) is 0 Å². The molecule has 1 aliphatic rings. The Kier molecular flexibility index (Phi) is 6.02. The fourth-order valence-electron chi connectivity index (χ4n) is 2.28. The lowest BCUT2D eigenvalue weighted by Gasteiger charge is -2.36. The van der Waals surface area contributed by atoms with Crippen LogP contribution in [0.3, 0.4) is 0 Å². The quantitative estimate of drug-likeness (QED) is 0.717. The van der Waals surface area contributed by atoms with Crippen molar-refractivity contribution in [3.8, 4) is 0 Å². The third-order valence-electron chi connectivity index (χ3n) is 3.79. The Hall–Kier alpha value is -1.59. The lowest BCUT2D eigenvalue weighted by molar-refractivity contribution is 0.120. The summed E-state index contributed by atoms with van der Waals surface area (Å²) < 4.78 is 5.17. The van der Waals surface area contributed by atoms with Crippen molar-refractivity contribution in [2.75, 3.05) is 6.54 Å². The first-order chi connectivity index (χ1) is 10.2. The normalized spacial score (nSPS) is 22.2. The molecule has 1 fully saturated rings. The molecule has 1 aromatic rings. The zero-order valence-electron chi connectivity index (χ0n) is 12.4. The van der Waals surface area contributed by atoms with Gasteiger partial charge in [-0.1, -0.05) is 37.3 Å². The second kappa shape index (κ2) is 8.00. The molecule has 0 spiro atoms. The van der Waals surface area contributed by atoms with Crippen LogP contribution in [0.5, 0.6) is 0 Å². The highest BCUT2D eigenvalue weighted by atomic mass is 16.5. The molecule has 0 saturated heterocycles. The van der Waals surface area contributed by atoms with Crippen LogP contribution in [0, 0.1) is 0 Å². The molecule has 0 radical (unpaired) electrons. The van der Waals surface area contributed by atoms with Gasteiger partial charge in [-0.05, 0) is 24.8 Å². The summed E-state index contributed by atoms with van der Waals surface area (Å²) in [5, 5.41) is 15.6. The van der Waals surface area contributed by atoms with Crippen molar-refractivity contribution in [1.82, 2.24) is 10.6 Å². The van der Waals surface area contributed by atoms with E-state index in [0.29, 0.717) is 19.2 Å². The summed E-state index contributed by atoms with van der Waals surface area (Å²) >= 11 is 0. The van der Waals surface area contributed by atoms with Gasteiger partial charge in [-0.2, -0.15) is 0 Å². The molecule has 5 nitrogen and oxygen atoms in total. The van der Waals surface area contributed by atoms with Crippen LogP contribution in [-0.4, -0.2) is 35.9 Å². The highest BCUT2D eigenvalue weighted by Gasteiger charge is 2.30. The summed E-state index contributed by atoms with van der Waals surface area (Å²) in [7, 11) is 0. The number of aliphatic hydroxyl groups excluding tert-OH is 1. The van der Waals surface area contributed by atoms with Gasteiger partial charge in [0.1, 0.15) is 6.61 Å². The molecule has 1 unspecified atom stereocenters. The minimum Gasteiger partial charge on any atom is -0.445 e. The topological polar surface area (TPSA) is 70.6 Å². The summed E-state index contributed by atoms with van der Waals surface area (Å²) in [5.41, 5.74) is 0.981. The molecule has 5 heteroatoms. The minimum atomic E-state index is -0.365. The molecule has 1 amide bonds. The maximum atomic E-state index is 11.6. The molecule has 116 valence electrons. The third kappa shape index (κ3) is 5.36. The third-order valence-corrected chi connectivity index (χ3v) is 3.79. The number of nitrogens with one attached hydrogen (secondary N) is 2. The number of hydrogen-bond donors (Lipinski definition) is 3. The van der Waals surface area contributed by atoms with E-state index in [1.54, 1.807) is 0 Å². The number of benzene rings is 1. The van der Waals surface area contributed by atoms with Crippen molar-refractivity contribution in [3.63, 3.8) is 0 Å². The number of hydrogen-bond acceptors (Lipinski definition) is 4. The highest BCUT2D eigenvalue weighted by Crippen LogP contribution is 2.20. The zero-order valence-corrected chi connectivity index (χ0v) is 12.4. The van der Waals surface area contributed by atoms with Crippen LogP contribution in [0.4, 0.5) is 4.79 Å². The van der Waals surface area contributed by atoms with Crippen molar-refractivity contribution < 1.29 is 14.6 Å². The first-order valence-electron chi connectivity index (χ1n) is 7.56. The average Bonchev–Trinajstić information content (AvgIpc) is 2.48. The fraction of sp³-hybridized carbons (Fsp3) is 0.562. The Morgan fingerprint density at radius 3 is 2.71 bits per heavy atom. The second-order valence-corrected chi connectivity index (χ2v) is 5.54. The van der Waals surface area contributed by atoms with Crippen molar-refractivity contribution in [3.05, 3.63) is 35.9 Å². The van der Waals surface area contributed by atoms with Crippen LogP contribution >= 0.6 is 0 Å². The van der Waals surface area contributed by atoms with Gasteiger partial charge in [-0.3, -0.25) is 0 Å². The first kappa shape index (κ1) is 15.8. The van der Waals surface area contributed by atoms with Gasteiger partial charge in [-0.25, -0.2) is 4.79 Å². The number of carbonyl (C=O) groups is 1. The van der Waals surface area contributed by atoms with E-state index >= 15 is 0 Å². The van der Waals surface area contributed by atoms with Crippen LogP contribution in [0.15, 0.2) is 30.3 Å². The van der Waals surface area contributed by atoms with Gasteiger partial charge in [0.15, 0.2) is 0 Å². The lowest BCUT2D eigenvalue weighted by Crippen LogP contribution is -2.53. The van der Waals surface area contributed by atoms with Gasteiger partial charge >= 0.3 is 6.09 Å². The van der Waals surface area contributed by atoms with Crippen molar-refractivity contribution in [1.29, 1.82) is 0 Å². The molecule has 0 aliphatic heterocycles. The predicted octanol–water partition coefficient (Wildman–Crippen LogP) is 1.80. The predicted molar refractivity (Wildman–Crippen MR) is 80.9 cm³/mol. The minimum absolute atomic E-state index is 0.171. The summed E-state index contributed by atoms with van der Waals surface area (Å²) in [5.74, 6) is 0. The van der Waals surface area contributed by atoms with Gasteiger partial charge in [0.2, 0.25) is 0 Å². The molecular formula is C16H24N2O3. The van der Waals surface area contributed by atoms with E-state index in [-0.39, 0.29) is 18.2 Å². The van der Waals surface area contributed by atoms with E-state index in [1.165, 1.54) is 0 Å². The average molecular weight is 292 g/mol. The van der Waals surface area contributed by atoms with Crippen LogP contribution < -0.4 is 10.6 Å².